The maximum absolute atomic E-state index is 6.38. The van der Waals surface area contributed by atoms with Gasteiger partial charge in [0.05, 0.1) is 5.56 Å². The summed E-state index contributed by atoms with van der Waals surface area (Å²) in [5, 5.41) is 14.8. The van der Waals surface area contributed by atoms with E-state index in [1.807, 2.05) is 30.3 Å². The van der Waals surface area contributed by atoms with E-state index in [2.05, 4.69) is 50.6 Å². The van der Waals surface area contributed by atoms with Crippen molar-refractivity contribution in [2.45, 2.75) is 26.0 Å². The van der Waals surface area contributed by atoms with Gasteiger partial charge in [-0.05, 0) is 78.5 Å². The van der Waals surface area contributed by atoms with Crippen LogP contribution in [-0.4, -0.2) is 35.4 Å². The molecule has 0 bridgehead atoms. The largest absolute Gasteiger partial charge is 0.489 e. The fourth-order valence-corrected chi connectivity index (χ4v) is 5.27. The van der Waals surface area contributed by atoms with E-state index in [-0.39, 0.29) is 0 Å². The number of benzene rings is 3. The predicted octanol–water partition coefficient (Wildman–Crippen LogP) is 5.02. The highest BCUT2D eigenvalue weighted by molar-refractivity contribution is 6.30. The highest BCUT2D eigenvalue weighted by Crippen LogP contribution is 2.34. The molecule has 3 aromatic carbocycles. The number of hydrogen-bond acceptors (Lipinski definition) is 6. The Labute approximate surface area is 215 Å². The fourth-order valence-electron chi connectivity index (χ4n) is 5.06. The maximum atomic E-state index is 6.38. The molecule has 4 aromatic rings. The summed E-state index contributed by atoms with van der Waals surface area (Å²) in [4.78, 5) is 4.44. The van der Waals surface area contributed by atoms with Crippen molar-refractivity contribution in [2.75, 3.05) is 25.1 Å². The van der Waals surface area contributed by atoms with E-state index in [9.17, 15) is 0 Å². The Kier molecular flexibility index (Phi) is 6.25. The molecule has 0 aliphatic carbocycles. The van der Waals surface area contributed by atoms with Gasteiger partial charge in [0.2, 0.25) is 0 Å². The first-order chi connectivity index (χ1) is 17.6. The average Bonchev–Trinajstić information content (AvgIpc) is 3.27. The lowest BCUT2D eigenvalue weighted by Crippen LogP contribution is -2.30. The number of hydrogen-bond donors (Lipinski definition) is 3. The number of nitrogens with two attached hydrogens (primary N) is 1. The summed E-state index contributed by atoms with van der Waals surface area (Å²) in [6.07, 6.45) is 2.32. The molecule has 1 aromatic heterocycles. The fraction of sp³-hybridized carbons (Fsp3) is 0.286. The standard InChI is InChI=1S/C28H29ClN6O/c29-23-3-1-2-19(12-23)16-36-24-7-6-20-13-22(5-4-21(20)14-24)26-25-27(30)32-17-33-28(25)35(34-26)15-18-8-10-31-11-9-18/h1-7,12-14,18,31,33H,8-11,15-17H2,(H2,30,32). The number of aromatic nitrogens is 2. The van der Waals surface area contributed by atoms with Gasteiger partial charge < -0.3 is 21.1 Å². The molecule has 4 N–H and O–H groups in total. The van der Waals surface area contributed by atoms with Crippen molar-refractivity contribution in [3.63, 3.8) is 0 Å². The highest BCUT2D eigenvalue weighted by Gasteiger charge is 2.26. The van der Waals surface area contributed by atoms with Crippen LogP contribution in [0.1, 0.15) is 24.0 Å². The Morgan fingerprint density at radius 2 is 1.86 bits per heavy atom. The molecular formula is C28H29ClN6O. The molecule has 0 unspecified atom stereocenters. The predicted molar refractivity (Wildman–Crippen MR) is 146 cm³/mol. The van der Waals surface area contributed by atoms with Crippen LogP contribution >= 0.6 is 11.6 Å². The molecule has 2 aliphatic heterocycles. The van der Waals surface area contributed by atoms with Gasteiger partial charge in [-0.1, -0.05) is 41.9 Å². The first-order valence-electron chi connectivity index (χ1n) is 12.4. The summed E-state index contributed by atoms with van der Waals surface area (Å²) in [7, 11) is 0. The number of amidine groups is 1. The van der Waals surface area contributed by atoms with Crippen molar-refractivity contribution in [1.29, 1.82) is 0 Å². The number of aliphatic imine (C=N–C) groups is 1. The van der Waals surface area contributed by atoms with Crippen molar-refractivity contribution >= 4 is 34.0 Å². The van der Waals surface area contributed by atoms with E-state index in [1.54, 1.807) is 0 Å². The molecular weight excluding hydrogens is 472 g/mol. The highest BCUT2D eigenvalue weighted by atomic mass is 35.5. The topological polar surface area (TPSA) is 89.5 Å². The maximum Gasteiger partial charge on any atom is 0.137 e. The van der Waals surface area contributed by atoms with Crippen LogP contribution < -0.4 is 21.1 Å². The molecule has 3 heterocycles. The first-order valence-corrected chi connectivity index (χ1v) is 12.8. The van der Waals surface area contributed by atoms with Crippen molar-refractivity contribution in [3.8, 4) is 17.0 Å². The zero-order chi connectivity index (χ0) is 24.5. The summed E-state index contributed by atoms with van der Waals surface area (Å²) in [6, 6.07) is 20.2. The minimum absolute atomic E-state index is 0.469. The molecule has 184 valence electrons. The second-order valence-electron chi connectivity index (χ2n) is 9.47. The molecule has 0 amide bonds. The number of halogens is 1. The number of fused-ring (bicyclic) bond motifs is 2. The van der Waals surface area contributed by atoms with Crippen molar-refractivity contribution in [2.24, 2.45) is 16.6 Å². The van der Waals surface area contributed by atoms with Gasteiger partial charge >= 0.3 is 0 Å². The molecule has 8 heteroatoms. The number of ether oxygens (including phenoxy) is 1. The monoisotopic (exact) mass is 500 g/mol. The van der Waals surface area contributed by atoms with E-state index in [4.69, 9.17) is 27.2 Å². The Bertz CT molecular complexity index is 1440. The van der Waals surface area contributed by atoms with Gasteiger partial charge in [-0.15, -0.1) is 0 Å². The van der Waals surface area contributed by atoms with Crippen molar-refractivity contribution in [1.82, 2.24) is 15.1 Å². The van der Waals surface area contributed by atoms with E-state index >= 15 is 0 Å². The second kappa shape index (κ2) is 9.84. The van der Waals surface area contributed by atoms with Crippen LogP contribution in [0.5, 0.6) is 5.75 Å². The number of anilines is 1. The lowest BCUT2D eigenvalue weighted by atomic mass is 9.98. The lowest BCUT2D eigenvalue weighted by molar-refractivity contribution is 0.306. The average molecular weight is 501 g/mol. The Morgan fingerprint density at radius 3 is 2.72 bits per heavy atom. The summed E-state index contributed by atoms with van der Waals surface area (Å²) >= 11 is 6.09. The quantitative estimate of drug-likeness (QED) is 0.346. The van der Waals surface area contributed by atoms with Crippen LogP contribution in [0, 0.1) is 5.92 Å². The van der Waals surface area contributed by atoms with Crippen LogP contribution in [0.2, 0.25) is 5.02 Å². The van der Waals surface area contributed by atoms with E-state index < -0.39 is 0 Å². The molecule has 0 saturated carbocycles. The number of nitrogens with one attached hydrogen (secondary N) is 2. The Balaban J connectivity index is 1.28. The van der Waals surface area contributed by atoms with E-state index in [0.717, 1.165) is 77.2 Å². The Morgan fingerprint density at radius 1 is 1.03 bits per heavy atom. The molecule has 7 nitrogen and oxygen atoms in total. The first kappa shape index (κ1) is 22.9. The van der Waals surface area contributed by atoms with Crippen LogP contribution in [0.15, 0.2) is 65.7 Å². The second-order valence-corrected chi connectivity index (χ2v) is 9.90. The van der Waals surface area contributed by atoms with Crippen LogP contribution in [0.4, 0.5) is 5.82 Å². The smallest absolute Gasteiger partial charge is 0.137 e. The lowest BCUT2D eigenvalue weighted by Gasteiger charge is -2.23. The third-order valence-electron chi connectivity index (χ3n) is 6.97. The third-order valence-corrected chi connectivity index (χ3v) is 7.21. The summed E-state index contributed by atoms with van der Waals surface area (Å²) in [5.41, 5.74) is 10.2. The number of rotatable bonds is 6. The molecule has 0 radical (unpaired) electrons. The molecule has 1 saturated heterocycles. The van der Waals surface area contributed by atoms with Gasteiger partial charge in [0.25, 0.3) is 0 Å². The van der Waals surface area contributed by atoms with Crippen molar-refractivity contribution in [3.05, 3.63) is 76.8 Å². The minimum Gasteiger partial charge on any atom is -0.489 e. The molecule has 2 aliphatic rings. The Hall–Kier alpha value is -3.55. The zero-order valence-corrected chi connectivity index (χ0v) is 20.8. The molecule has 0 atom stereocenters. The van der Waals surface area contributed by atoms with Crippen molar-refractivity contribution < 1.29 is 4.74 Å². The normalized spacial score (nSPS) is 15.9. The summed E-state index contributed by atoms with van der Waals surface area (Å²) < 4.78 is 8.11. The molecule has 1 fully saturated rings. The summed E-state index contributed by atoms with van der Waals surface area (Å²) in [6.45, 7) is 3.95. The van der Waals surface area contributed by atoms with Gasteiger partial charge in [0.1, 0.15) is 36.4 Å². The number of piperidine rings is 1. The van der Waals surface area contributed by atoms with Crippen LogP contribution in [0.3, 0.4) is 0 Å². The number of nitrogens with zero attached hydrogens (tertiary/aromatic N) is 3. The zero-order valence-electron chi connectivity index (χ0n) is 20.0. The minimum atomic E-state index is 0.469. The van der Waals surface area contributed by atoms with E-state index in [1.165, 1.54) is 0 Å². The summed E-state index contributed by atoms with van der Waals surface area (Å²) in [5.74, 6) is 2.94. The molecule has 0 spiro atoms. The van der Waals surface area contributed by atoms with Crippen LogP contribution in [0.25, 0.3) is 22.0 Å². The van der Waals surface area contributed by atoms with Gasteiger partial charge in [0.15, 0.2) is 0 Å². The third kappa shape index (κ3) is 4.64. The SMILES string of the molecule is NC1=NCNc2c1c(-c1ccc3cc(OCc4cccc(Cl)c4)ccc3c1)nn2CC1CCNCC1. The molecule has 6 rings (SSSR count). The molecule has 36 heavy (non-hydrogen) atoms. The van der Waals surface area contributed by atoms with Gasteiger partial charge in [0, 0.05) is 17.1 Å². The van der Waals surface area contributed by atoms with Crippen LogP contribution in [-0.2, 0) is 13.2 Å². The van der Waals surface area contributed by atoms with E-state index in [0.29, 0.717) is 30.1 Å². The van der Waals surface area contributed by atoms with Gasteiger partial charge in [-0.2, -0.15) is 5.10 Å². The van der Waals surface area contributed by atoms with Gasteiger partial charge in [-0.25, -0.2) is 9.67 Å². The van der Waals surface area contributed by atoms with Gasteiger partial charge in [-0.3, -0.25) is 0 Å².